The Bertz CT molecular complexity index is 403. The number of ketones is 1. The molecule has 2 heterocycles. The highest BCUT2D eigenvalue weighted by Gasteiger charge is 2.21. The van der Waals surface area contributed by atoms with E-state index in [-0.39, 0.29) is 18.5 Å². The molecule has 0 aliphatic carbocycles. The highest BCUT2D eigenvalue weighted by atomic mass is 16.5. The second kappa shape index (κ2) is 6.68. The van der Waals surface area contributed by atoms with Crippen LogP contribution in [0.2, 0.25) is 0 Å². The van der Waals surface area contributed by atoms with Gasteiger partial charge in [0.05, 0.1) is 19.4 Å². The Kier molecular flexibility index (Phi) is 4.93. The first-order valence-corrected chi connectivity index (χ1v) is 6.71. The third kappa shape index (κ3) is 3.33. The van der Waals surface area contributed by atoms with Crippen LogP contribution in [-0.4, -0.2) is 48.5 Å². The average molecular weight is 267 g/mol. The summed E-state index contributed by atoms with van der Waals surface area (Å²) < 4.78 is 12.5. The summed E-state index contributed by atoms with van der Waals surface area (Å²) in [6.07, 6.45) is 3.66. The lowest BCUT2D eigenvalue weighted by molar-refractivity contribution is 0.0310. The molecule has 0 unspecified atom stereocenters. The van der Waals surface area contributed by atoms with Crippen LogP contribution in [0.5, 0.6) is 5.75 Å². The van der Waals surface area contributed by atoms with Crippen molar-refractivity contribution in [1.82, 2.24) is 15.1 Å². The number of nitrogens with zero attached hydrogens (tertiary/aromatic N) is 2. The van der Waals surface area contributed by atoms with Crippen LogP contribution in [0.4, 0.5) is 0 Å². The summed E-state index contributed by atoms with van der Waals surface area (Å²) in [4.78, 5) is 12.2. The molecular formula is C13H21N3O3. The predicted molar refractivity (Wildman–Crippen MR) is 70.6 cm³/mol. The van der Waals surface area contributed by atoms with Crippen molar-refractivity contribution >= 4 is 5.78 Å². The van der Waals surface area contributed by atoms with Gasteiger partial charge >= 0.3 is 0 Å². The topological polar surface area (TPSA) is 65.4 Å². The van der Waals surface area contributed by atoms with Crippen molar-refractivity contribution in [1.29, 1.82) is 0 Å². The molecule has 1 aromatic rings. The van der Waals surface area contributed by atoms with Crippen LogP contribution >= 0.6 is 0 Å². The second-order valence-corrected chi connectivity index (χ2v) is 4.56. The number of carbonyl (C=O) groups is 1. The van der Waals surface area contributed by atoms with Gasteiger partial charge in [-0.3, -0.25) is 9.48 Å². The molecule has 0 atom stereocenters. The number of nitrogens with one attached hydrogen (secondary N) is 1. The summed E-state index contributed by atoms with van der Waals surface area (Å²) in [6.45, 7) is 4.57. The van der Waals surface area contributed by atoms with E-state index in [0.29, 0.717) is 18.0 Å². The molecule has 19 heavy (non-hydrogen) atoms. The second-order valence-electron chi connectivity index (χ2n) is 4.56. The predicted octanol–water partition coefficient (Wildman–Crippen LogP) is 0.863. The molecule has 6 heteroatoms. The van der Waals surface area contributed by atoms with E-state index in [1.807, 2.05) is 6.92 Å². The highest BCUT2D eigenvalue weighted by molar-refractivity contribution is 5.98. The lowest BCUT2D eigenvalue weighted by atomic mass is 10.1. The summed E-state index contributed by atoms with van der Waals surface area (Å²) in [7, 11) is 1.54. The average Bonchev–Trinajstić information content (AvgIpc) is 2.89. The molecule has 0 amide bonds. The van der Waals surface area contributed by atoms with Crippen LogP contribution in [0.15, 0.2) is 6.20 Å². The fourth-order valence-corrected chi connectivity index (χ4v) is 2.26. The number of carbonyl (C=O) groups excluding carboxylic acids is 1. The SMILES string of the molecule is CCn1ncc(OC)c1C(=O)COC1CCNCC1. The monoisotopic (exact) mass is 267 g/mol. The molecule has 1 N–H and O–H groups in total. The lowest BCUT2D eigenvalue weighted by Crippen LogP contribution is -2.33. The van der Waals surface area contributed by atoms with Crippen LogP contribution in [0.25, 0.3) is 0 Å². The fraction of sp³-hybridized carbons (Fsp3) is 0.692. The summed E-state index contributed by atoms with van der Waals surface area (Å²) in [6, 6.07) is 0. The van der Waals surface area contributed by atoms with Gasteiger partial charge in [-0.1, -0.05) is 0 Å². The van der Waals surface area contributed by atoms with Gasteiger partial charge in [-0.15, -0.1) is 0 Å². The van der Waals surface area contributed by atoms with Crippen molar-refractivity contribution in [3.8, 4) is 5.75 Å². The Labute approximate surface area is 113 Å². The van der Waals surface area contributed by atoms with Gasteiger partial charge in [-0.25, -0.2) is 0 Å². The number of aryl methyl sites for hydroxylation is 1. The first-order valence-electron chi connectivity index (χ1n) is 6.71. The van der Waals surface area contributed by atoms with Crippen molar-refractivity contribution < 1.29 is 14.3 Å². The molecule has 0 spiro atoms. The van der Waals surface area contributed by atoms with Gasteiger partial charge in [0.2, 0.25) is 5.78 Å². The minimum atomic E-state index is -0.0743. The summed E-state index contributed by atoms with van der Waals surface area (Å²) in [5.41, 5.74) is 0.499. The fourth-order valence-electron chi connectivity index (χ4n) is 2.26. The van der Waals surface area contributed by atoms with E-state index in [1.54, 1.807) is 18.0 Å². The molecule has 1 aromatic heterocycles. The van der Waals surface area contributed by atoms with Crippen LogP contribution in [0, 0.1) is 0 Å². The quantitative estimate of drug-likeness (QED) is 0.775. The van der Waals surface area contributed by atoms with Crippen molar-refractivity contribution in [2.75, 3.05) is 26.8 Å². The molecule has 0 bridgehead atoms. The Morgan fingerprint density at radius 1 is 1.53 bits per heavy atom. The van der Waals surface area contributed by atoms with E-state index in [1.165, 1.54) is 0 Å². The lowest BCUT2D eigenvalue weighted by Gasteiger charge is -2.22. The van der Waals surface area contributed by atoms with Crippen LogP contribution < -0.4 is 10.1 Å². The Hall–Kier alpha value is -1.40. The van der Waals surface area contributed by atoms with Crippen molar-refractivity contribution in [2.24, 2.45) is 0 Å². The molecule has 1 aliphatic heterocycles. The first kappa shape index (κ1) is 14.0. The van der Waals surface area contributed by atoms with Gasteiger partial charge in [0, 0.05) is 6.54 Å². The minimum absolute atomic E-state index is 0.0743. The van der Waals surface area contributed by atoms with E-state index in [9.17, 15) is 4.79 Å². The third-order valence-electron chi connectivity index (χ3n) is 3.33. The summed E-state index contributed by atoms with van der Waals surface area (Å²) in [5, 5.41) is 7.39. The Morgan fingerprint density at radius 2 is 2.26 bits per heavy atom. The summed E-state index contributed by atoms with van der Waals surface area (Å²) in [5.74, 6) is 0.440. The maximum Gasteiger partial charge on any atom is 0.210 e. The van der Waals surface area contributed by atoms with Gasteiger partial charge in [0.15, 0.2) is 5.75 Å². The number of hydrogen-bond donors (Lipinski definition) is 1. The van der Waals surface area contributed by atoms with E-state index < -0.39 is 0 Å². The van der Waals surface area contributed by atoms with Crippen LogP contribution in [0.1, 0.15) is 30.3 Å². The van der Waals surface area contributed by atoms with E-state index in [4.69, 9.17) is 9.47 Å². The number of rotatable bonds is 6. The number of aromatic nitrogens is 2. The van der Waals surface area contributed by atoms with Gasteiger partial charge in [-0.2, -0.15) is 5.10 Å². The molecule has 6 nitrogen and oxygen atoms in total. The molecule has 0 aromatic carbocycles. The maximum atomic E-state index is 12.2. The largest absolute Gasteiger partial charge is 0.493 e. The van der Waals surface area contributed by atoms with Crippen molar-refractivity contribution in [3.63, 3.8) is 0 Å². The van der Waals surface area contributed by atoms with E-state index in [0.717, 1.165) is 25.9 Å². The van der Waals surface area contributed by atoms with Crippen molar-refractivity contribution in [3.05, 3.63) is 11.9 Å². The molecule has 106 valence electrons. The first-order chi connectivity index (χ1) is 9.26. The number of methoxy groups -OCH3 is 1. The smallest absolute Gasteiger partial charge is 0.210 e. The van der Waals surface area contributed by atoms with Crippen LogP contribution in [-0.2, 0) is 11.3 Å². The van der Waals surface area contributed by atoms with Crippen LogP contribution in [0.3, 0.4) is 0 Å². The Morgan fingerprint density at radius 3 is 2.89 bits per heavy atom. The zero-order valence-corrected chi connectivity index (χ0v) is 11.5. The normalized spacial score (nSPS) is 16.5. The van der Waals surface area contributed by atoms with Crippen molar-refractivity contribution in [2.45, 2.75) is 32.4 Å². The zero-order valence-electron chi connectivity index (χ0n) is 11.5. The molecule has 1 saturated heterocycles. The maximum absolute atomic E-state index is 12.2. The molecule has 2 rings (SSSR count). The van der Waals surface area contributed by atoms with Gasteiger partial charge in [0.25, 0.3) is 0 Å². The molecule has 1 fully saturated rings. The van der Waals surface area contributed by atoms with Gasteiger partial charge in [-0.05, 0) is 32.9 Å². The third-order valence-corrected chi connectivity index (χ3v) is 3.33. The number of Topliss-reactive ketones (excluding diaryl/α,β-unsaturated/α-hetero) is 1. The Balaban J connectivity index is 1.96. The van der Waals surface area contributed by atoms with E-state index >= 15 is 0 Å². The zero-order chi connectivity index (χ0) is 13.7. The van der Waals surface area contributed by atoms with Gasteiger partial charge in [0.1, 0.15) is 12.3 Å². The highest BCUT2D eigenvalue weighted by Crippen LogP contribution is 2.18. The molecule has 1 aliphatic rings. The summed E-state index contributed by atoms with van der Waals surface area (Å²) >= 11 is 0. The molecular weight excluding hydrogens is 246 g/mol. The number of ether oxygens (including phenoxy) is 2. The molecule has 0 saturated carbocycles. The number of hydrogen-bond acceptors (Lipinski definition) is 5. The van der Waals surface area contributed by atoms with E-state index in [2.05, 4.69) is 10.4 Å². The minimum Gasteiger partial charge on any atom is -0.493 e. The standard InChI is InChI=1S/C13H21N3O3/c1-3-16-13(12(18-2)8-15-16)11(17)9-19-10-4-6-14-7-5-10/h8,10,14H,3-7,9H2,1-2H3. The molecule has 0 radical (unpaired) electrons. The number of piperidine rings is 1. The van der Waals surface area contributed by atoms with Gasteiger partial charge < -0.3 is 14.8 Å².